The van der Waals surface area contributed by atoms with Crippen LogP contribution in [0.25, 0.3) is 0 Å². The third-order valence-corrected chi connectivity index (χ3v) is 5.14. The van der Waals surface area contributed by atoms with Gasteiger partial charge in [-0.25, -0.2) is 17.5 Å². The number of methoxy groups -OCH3 is 1. The number of furan rings is 1. The van der Waals surface area contributed by atoms with Crippen molar-refractivity contribution >= 4 is 16.0 Å². The predicted molar refractivity (Wildman–Crippen MR) is 75.6 cm³/mol. The van der Waals surface area contributed by atoms with Crippen LogP contribution in [-0.2, 0) is 14.8 Å². The number of esters is 1. The Labute approximate surface area is 124 Å². The molecule has 1 rings (SSSR count). The number of nitrogens with zero attached hydrogens (tertiary/aromatic N) is 1. The Morgan fingerprint density at radius 2 is 1.95 bits per heavy atom. The second-order valence-electron chi connectivity index (χ2n) is 4.87. The van der Waals surface area contributed by atoms with Crippen LogP contribution in [0.1, 0.15) is 35.2 Å². The molecule has 0 amide bonds. The third kappa shape index (κ3) is 3.63. The number of aliphatic hydroxyl groups excluding tert-OH is 1. The van der Waals surface area contributed by atoms with E-state index in [-0.39, 0.29) is 28.5 Å². The van der Waals surface area contributed by atoms with E-state index in [4.69, 9.17) is 4.42 Å². The molecule has 0 aromatic carbocycles. The molecule has 1 N–H and O–H groups in total. The van der Waals surface area contributed by atoms with Crippen molar-refractivity contribution in [3.8, 4) is 0 Å². The molecule has 0 radical (unpaired) electrons. The minimum atomic E-state index is -3.90. The number of aliphatic hydroxyl groups is 1. The molecular formula is C13H21NO6S. The molecule has 120 valence electrons. The molecule has 1 heterocycles. The summed E-state index contributed by atoms with van der Waals surface area (Å²) < 4.78 is 36.2. The quantitative estimate of drug-likeness (QED) is 0.788. The van der Waals surface area contributed by atoms with Gasteiger partial charge in [-0.2, -0.15) is 0 Å². The fraction of sp³-hybridized carbons (Fsp3) is 0.615. The number of hydrogen-bond donors (Lipinski definition) is 1. The number of hydrogen-bond acceptors (Lipinski definition) is 6. The lowest BCUT2D eigenvalue weighted by Gasteiger charge is -2.18. The van der Waals surface area contributed by atoms with Crippen LogP contribution in [0.2, 0.25) is 0 Å². The molecule has 0 saturated carbocycles. The van der Waals surface area contributed by atoms with Gasteiger partial charge in [0, 0.05) is 13.6 Å². The first-order chi connectivity index (χ1) is 9.62. The Morgan fingerprint density at radius 1 is 1.38 bits per heavy atom. The number of aryl methyl sites for hydroxylation is 2. The number of carbonyl (C=O) groups is 1. The molecule has 8 heteroatoms. The molecule has 0 saturated heterocycles. The van der Waals surface area contributed by atoms with Gasteiger partial charge in [-0.3, -0.25) is 0 Å². The summed E-state index contributed by atoms with van der Waals surface area (Å²) in [6.45, 7) is 4.70. The van der Waals surface area contributed by atoms with E-state index >= 15 is 0 Å². The second kappa shape index (κ2) is 6.59. The van der Waals surface area contributed by atoms with E-state index in [0.29, 0.717) is 6.42 Å². The van der Waals surface area contributed by atoms with Gasteiger partial charge in [0.15, 0.2) is 0 Å². The van der Waals surface area contributed by atoms with Crippen molar-refractivity contribution in [3.63, 3.8) is 0 Å². The summed E-state index contributed by atoms with van der Waals surface area (Å²) in [5.41, 5.74) is -0.0844. The molecule has 0 aliphatic rings. The van der Waals surface area contributed by atoms with Crippen LogP contribution < -0.4 is 0 Å². The average molecular weight is 319 g/mol. The minimum Gasteiger partial charge on any atom is -0.465 e. The Kier molecular flexibility index (Phi) is 5.54. The normalized spacial score (nSPS) is 13.5. The lowest BCUT2D eigenvalue weighted by molar-refractivity contribution is 0.0594. The molecular weight excluding hydrogens is 298 g/mol. The highest BCUT2D eigenvalue weighted by atomic mass is 32.2. The summed E-state index contributed by atoms with van der Waals surface area (Å²) in [6, 6.07) is 0. The summed E-state index contributed by atoms with van der Waals surface area (Å²) in [5.74, 6) is -0.425. The maximum Gasteiger partial charge on any atom is 0.342 e. The van der Waals surface area contributed by atoms with E-state index in [1.54, 1.807) is 6.92 Å². The molecule has 0 spiro atoms. The molecule has 7 nitrogen and oxygen atoms in total. The van der Waals surface area contributed by atoms with Gasteiger partial charge < -0.3 is 14.3 Å². The summed E-state index contributed by atoms with van der Waals surface area (Å²) in [6.07, 6.45) is -0.325. The average Bonchev–Trinajstić information content (AvgIpc) is 2.70. The zero-order valence-electron chi connectivity index (χ0n) is 12.8. The molecule has 1 unspecified atom stereocenters. The van der Waals surface area contributed by atoms with Crippen molar-refractivity contribution in [3.05, 3.63) is 17.1 Å². The maximum absolute atomic E-state index is 12.6. The van der Waals surface area contributed by atoms with Gasteiger partial charge in [-0.15, -0.1) is 0 Å². The minimum absolute atomic E-state index is 0.0844. The van der Waals surface area contributed by atoms with Gasteiger partial charge in [0.1, 0.15) is 22.0 Å². The molecule has 0 bridgehead atoms. The first-order valence-corrected chi connectivity index (χ1v) is 7.89. The van der Waals surface area contributed by atoms with Crippen LogP contribution >= 0.6 is 0 Å². The van der Waals surface area contributed by atoms with E-state index in [1.807, 2.05) is 0 Å². The summed E-state index contributed by atoms with van der Waals surface area (Å²) in [7, 11) is -1.33. The summed E-state index contributed by atoms with van der Waals surface area (Å²) in [5, 5.41) is 9.26. The monoisotopic (exact) mass is 319 g/mol. The largest absolute Gasteiger partial charge is 0.465 e. The fourth-order valence-corrected chi connectivity index (χ4v) is 3.50. The standard InChI is InChI=1S/C13H21NO6S/c1-8(15)6-7-14(4)21(17,18)12-10(3)20-9(2)11(12)13(16)19-5/h8,15H,6-7H2,1-5H3. The molecule has 1 aromatic heterocycles. The van der Waals surface area contributed by atoms with Crippen molar-refractivity contribution in [2.75, 3.05) is 20.7 Å². The lowest BCUT2D eigenvalue weighted by atomic mass is 10.2. The van der Waals surface area contributed by atoms with Crippen LogP contribution in [0.15, 0.2) is 9.31 Å². The Hall–Kier alpha value is -1.38. The van der Waals surface area contributed by atoms with Crippen molar-refractivity contribution < 1.29 is 27.5 Å². The van der Waals surface area contributed by atoms with Crippen molar-refractivity contribution in [2.45, 2.75) is 38.2 Å². The molecule has 21 heavy (non-hydrogen) atoms. The highest BCUT2D eigenvalue weighted by molar-refractivity contribution is 7.89. The third-order valence-electron chi connectivity index (χ3n) is 3.12. The Morgan fingerprint density at radius 3 is 2.43 bits per heavy atom. The predicted octanol–water partition coefficient (Wildman–Crippen LogP) is 1.07. The topological polar surface area (TPSA) is 97.0 Å². The van der Waals surface area contributed by atoms with Crippen molar-refractivity contribution in [2.24, 2.45) is 0 Å². The van der Waals surface area contributed by atoms with Crippen LogP contribution in [0.5, 0.6) is 0 Å². The first-order valence-electron chi connectivity index (χ1n) is 6.45. The SMILES string of the molecule is COC(=O)c1c(C)oc(C)c1S(=O)(=O)N(C)CCC(C)O. The van der Waals surface area contributed by atoms with Gasteiger partial charge in [-0.05, 0) is 27.2 Å². The van der Waals surface area contributed by atoms with Gasteiger partial charge in [0.2, 0.25) is 10.0 Å². The van der Waals surface area contributed by atoms with Crippen LogP contribution in [-0.4, -0.2) is 50.6 Å². The summed E-state index contributed by atoms with van der Waals surface area (Å²) >= 11 is 0. The second-order valence-corrected chi connectivity index (χ2v) is 6.86. The van der Waals surface area contributed by atoms with Crippen LogP contribution in [0, 0.1) is 13.8 Å². The van der Waals surface area contributed by atoms with Gasteiger partial charge in [-0.1, -0.05) is 0 Å². The molecule has 0 fully saturated rings. The zero-order valence-corrected chi connectivity index (χ0v) is 13.7. The number of sulfonamides is 1. The van der Waals surface area contributed by atoms with E-state index in [1.165, 1.54) is 28.0 Å². The number of rotatable bonds is 6. The van der Waals surface area contributed by atoms with E-state index in [0.717, 1.165) is 4.31 Å². The smallest absolute Gasteiger partial charge is 0.342 e. The maximum atomic E-state index is 12.6. The highest BCUT2D eigenvalue weighted by Gasteiger charge is 2.34. The van der Waals surface area contributed by atoms with Crippen LogP contribution in [0.4, 0.5) is 0 Å². The Balaban J connectivity index is 3.28. The van der Waals surface area contributed by atoms with E-state index < -0.39 is 22.1 Å². The summed E-state index contributed by atoms with van der Waals surface area (Å²) in [4.78, 5) is 11.6. The van der Waals surface area contributed by atoms with E-state index in [9.17, 15) is 18.3 Å². The van der Waals surface area contributed by atoms with Gasteiger partial charge in [0.05, 0.1) is 13.2 Å². The molecule has 1 aromatic rings. The lowest BCUT2D eigenvalue weighted by Crippen LogP contribution is -2.31. The van der Waals surface area contributed by atoms with Crippen molar-refractivity contribution in [1.82, 2.24) is 4.31 Å². The molecule has 0 aliphatic heterocycles. The van der Waals surface area contributed by atoms with Gasteiger partial charge >= 0.3 is 5.97 Å². The van der Waals surface area contributed by atoms with Crippen LogP contribution in [0.3, 0.4) is 0 Å². The van der Waals surface area contributed by atoms with Gasteiger partial charge in [0.25, 0.3) is 0 Å². The zero-order chi connectivity index (χ0) is 16.4. The first kappa shape index (κ1) is 17.7. The molecule has 0 aliphatic carbocycles. The Bertz CT molecular complexity index is 617. The number of ether oxygens (including phenoxy) is 1. The van der Waals surface area contributed by atoms with Crippen molar-refractivity contribution in [1.29, 1.82) is 0 Å². The number of carbonyl (C=O) groups excluding carboxylic acids is 1. The molecule has 1 atom stereocenters. The highest BCUT2D eigenvalue weighted by Crippen LogP contribution is 2.29. The fourth-order valence-electron chi connectivity index (χ4n) is 1.96. The van der Waals surface area contributed by atoms with E-state index in [2.05, 4.69) is 4.74 Å².